The van der Waals surface area contributed by atoms with Gasteiger partial charge >= 0.3 is 0 Å². The summed E-state index contributed by atoms with van der Waals surface area (Å²) in [6.07, 6.45) is 3.68. The number of nitrogens with zero attached hydrogens (tertiary/aromatic N) is 1. The van der Waals surface area contributed by atoms with E-state index in [0.29, 0.717) is 6.04 Å². The molecule has 0 aromatic carbocycles. The summed E-state index contributed by atoms with van der Waals surface area (Å²) in [5, 5.41) is 10.3. The molecule has 1 saturated heterocycles. The Morgan fingerprint density at radius 3 is 3.27 bits per heavy atom. The zero-order chi connectivity index (χ0) is 10.5. The quantitative estimate of drug-likeness (QED) is 0.798. The number of rotatable bonds is 5. The predicted octanol–water partition coefficient (Wildman–Crippen LogP) is 1.55. The third-order valence-electron chi connectivity index (χ3n) is 2.76. The van der Waals surface area contributed by atoms with Crippen LogP contribution >= 0.6 is 11.3 Å². The summed E-state index contributed by atoms with van der Waals surface area (Å²) in [5.41, 5.74) is 1.19. The molecule has 1 aromatic heterocycles. The Morgan fingerprint density at radius 1 is 1.67 bits per heavy atom. The average Bonchev–Trinajstić information content (AvgIpc) is 2.88. The highest BCUT2D eigenvalue weighted by Crippen LogP contribution is 2.10. The zero-order valence-electron chi connectivity index (χ0n) is 9.25. The van der Waals surface area contributed by atoms with Gasteiger partial charge in [0.15, 0.2) is 0 Å². The lowest BCUT2D eigenvalue weighted by Gasteiger charge is -2.10. The van der Waals surface area contributed by atoms with Gasteiger partial charge in [-0.3, -0.25) is 0 Å². The van der Waals surface area contributed by atoms with Crippen LogP contribution in [0.3, 0.4) is 0 Å². The minimum absolute atomic E-state index is 0.675. The topological polar surface area (TPSA) is 37.0 Å². The third-order valence-corrected chi connectivity index (χ3v) is 3.80. The molecule has 1 aliphatic rings. The lowest BCUT2D eigenvalue weighted by atomic mass is 10.2. The van der Waals surface area contributed by atoms with Crippen LogP contribution in [0.15, 0.2) is 5.38 Å². The second kappa shape index (κ2) is 5.58. The largest absolute Gasteiger partial charge is 0.313 e. The first-order valence-electron chi connectivity index (χ1n) is 5.76. The van der Waals surface area contributed by atoms with Gasteiger partial charge in [-0.05, 0) is 25.8 Å². The van der Waals surface area contributed by atoms with Crippen LogP contribution in [-0.4, -0.2) is 24.1 Å². The van der Waals surface area contributed by atoms with Crippen LogP contribution in [0.1, 0.15) is 30.5 Å². The van der Waals surface area contributed by atoms with E-state index in [2.05, 4.69) is 27.9 Å². The highest BCUT2D eigenvalue weighted by atomic mass is 32.1. The molecule has 1 unspecified atom stereocenters. The molecule has 0 radical (unpaired) electrons. The van der Waals surface area contributed by atoms with Crippen LogP contribution in [0.5, 0.6) is 0 Å². The SMILES string of the molecule is CCc1nc(CNCC2CCCN2)cs1. The Balaban J connectivity index is 1.68. The van der Waals surface area contributed by atoms with Crippen LogP contribution in [0.2, 0.25) is 0 Å². The summed E-state index contributed by atoms with van der Waals surface area (Å²) in [6.45, 7) is 5.31. The van der Waals surface area contributed by atoms with Gasteiger partial charge in [-0.25, -0.2) is 4.98 Å². The van der Waals surface area contributed by atoms with Gasteiger partial charge in [0.1, 0.15) is 0 Å². The van der Waals surface area contributed by atoms with Crippen molar-refractivity contribution in [3.05, 3.63) is 16.1 Å². The smallest absolute Gasteiger partial charge is 0.0926 e. The molecule has 1 aliphatic heterocycles. The molecule has 3 nitrogen and oxygen atoms in total. The first kappa shape index (κ1) is 11.0. The molecule has 0 aliphatic carbocycles. The van der Waals surface area contributed by atoms with Gasteiger partial charge in [0.05, 0.1) is 10.7 Å². The number of aryl methyl sites for hydroxylation is 1. The molecule has 2 rings (SSSR count). The van der Waals surface area contributed by atoms with Crippen molar-refractivity contribution in [2.24, 2.45) is 0 Å². The highest BCUT2D eigenvalue weighted by Gasteiger charge is 2.12. The normalized spacial score (nSPS) is 21.0. The Labute approximate surface area is 95.3 Å². The summed E-state index contributed by atoms with van der Waals surface area (Å²) < 4.78 is 0. The molecule has 2 heterocycles. The second-order valence-electron chi connectivity index (χ2n) is 4.01. The lowest BCUT2D eigenvalue weighted by molar-refractivity contribution is 0.533. The molecule has 84 valence electrons. The van der Waals surface area contributed by atoms with Crippen molar-refractivity contribution in [3.63, 3.8) is 0 Å². The Morgan fingerprint density at radius 2 is 2.60 bits per heavy atom. The summed E-state index contributed by atoms with van der Waals surface area (Å²) in [6, 6.07) is 0.675. The van der Waals surface area contributed by atoms with Crippen molar-refractivity contribution in [2.75, 3.05) is 13.1 Å². The first-order chi connectivity index (χ1) is 7.38. The van der Waals surface area contributed by atoms with Crippen LogP contribution in [0.25, 0.3) is 0 Å². The lowest BCUT2D eigenvalue weighted by Crippen LogP contribution is -2.33. The minimum Gasteiger partial charge on any atom is -0.313 e. The minimum atomic E-state index is 0.675. The summed E-state index contributed by atoms with van der Waals surface area (Å²) in [4.78, 5) is 4.53. The number of hydrogen-bond acceptors (Lipinski definition) is 4. The van der Waals surface area contributed by atoms with E-state index in [0.717, 1.165) is 19.5 Å². The van der Waals surface area contributed by atoms with E-state index in [-0.39, 0.29) is 0 Å². The van der Waals surface area contributed by atoms with Gasteiger partial charge in [-0.1, -0.05) is 6.92 Å². The van der Waals surface area contributed by atoms with Crippen molar-refractivity contribution >= 4 is 11.3 Å². The van der Waals surface area contributed by atoms with Crippen molar-refractivity contribution in [1.29, 1.82) is 0 Å². The molecule has 0 saturated carbocycles. The third kappa shape index (κ3) is 3.26. The van der Waals surface area contributed by atoms with Gasteiger partial charge in [-0.15, -0.1) is 11.3 Å². The maximum atomic E-state index is 4.53. The molecule has 4 heteroatoms. The van der Waals surface area contributed by atoms with E-state index in [1.165, 1.54) is 30.1 Å². The molecule has 1 atom stereocenters. The zero-order valence-corrected chi connectivity index (χ0v) is 10.1. The molecule has 0 spiro atoms. The van der Waals surface area contributed by atoms with E-state index in [4.69, 9.17) is 0 Å². The van der Waals surface area contributed by atoms with Crippen LogP contribution in [-0.2, 0) is 13.0 Å². The maximum absolute atomic E-state index is 4.53. The van der Waals surface area contributed by atoms with Crippen molar-refractivity contribution in [1.82, 2.24) is 15.6 Å². The van der Waals surface area contributed by atoms with Crippen molar-refractivity contribution in [3.8, 4) is 0 Å². The van der Waals surface area contributed by atoms with E-state index in [1.54, 1.807) is 11.3 Å². The van der Waals surface area contributed by atoms with E-state index < -0.39 is 0 Å². The number of nitrogens with one attached hydrogen (secondary N) is 2. The first-order valence-corrected chi connectivity index (χ1v) is 6.64. The summed E-state index contributed by atoms with van der Waals surface area (Å²) in [7, 11) is 0. The number of hydrogen-bond donors (Lipinski definition) is 2. The van der Waals surface area contributed by atoms with Crippen molar-refractivity contribution in [2.45, 2.75) is 38.8 Å². The van der Waals surface area contributed by atoms with E-state index in [9.17, 15) is 0 Å². The molecular formula is C11H19N3S. The summed E-state index contributed by atoms with van der Waals surface area (Å²) in [5.74, 6) is 0. The maximum Gasteiger partial charge on any atom is 0.0926 e. The molecular weight excluding hydrogens is 206 g/mol. The van der Waals surface area contributed by atoms with Gasteiger partial charge < -0.3 is 10.6 Å². The van der Waals surface area contributed by atoms with Gasteiger partial charge in [0.2, 0.25) is 0 Å². The fourth-order valence-electron chi connectivity index (χ4n) is 1.90. The Hall–Kier alpha value is -0.450. The molecule has 0 bridgehead atoms. The molecule has 15 heavy (non-hydrogen) atoms. The number of thiazole rings is 1. The van der Waals surface area contributed by atoms with E-state index in [1.807, 2.05) is 0 Å². The highest BCUT2D eigenvalue weighted by molar-refractivity contribution is 7.09. The van der Waals surface area contributed by atoms with Crippen LogP contribution in [0, 0.1) is 0 Å². The number of aromatic nitrogens is 1. The predicted molar refractivity (Wildman–Crippen MR) is 64.2 cm³/mol. The van der Waals surface area contributed by atoms with Gasteiger partial charge in [0, 0.05) is 24.5 Å². The van der Waals surface area contributed by atoms with Crippen LogP contribution < -0.4 is 10.6 Å². The van der Waals surface area contributed by atoms with Gasteiger partial charge in [-0.2, -0.15) is 0 Å². The molecule has 1 fully saturated rings. The average molecular weight is 225 g/mol. The van der Waals surface area contributed by atoms with Gasteiger partial charge in [0.25, 0.3) is 0 Å². The Bertz CT molecular complexity index is 292. The van der Waals surface area contributed by atoms with Crippen molar-refractivity contribution < 1.29 is 0 Å². The Kier molecular flexibility index (Phi) is 4.11. The van der Waals surface area contributed by atoms with E-state index >= 15 is 0 Å². The molecule has 0 amide bonds. The van der Waals surface area contributed by atoms with Crippen LogP contribution in [0.4, 0.5) is 0 Å². The molecule has 1 aromatic rings. The standard InChI is InChI=1S/C11H19N3S/c1-2-11-14-10(8-15-11)7-12-6-9-4-3-5-13-9/h8-9,12-13H,2-7H2,1H3. The second-order valence-corrected chi connectivity index (χ2v) is 4.95. The molecule has 2 N–H and O–H groups in total. The summed E-state index contributed by atoms with van der Waals surface area (Å²) >= 11 is 1.77. The fraction of sp³-hybridized carbons (Fsp3) is 0.727. The fourth-order valence-corrected chi connectivity index (χ4v) is 2.64. The monoisotopic (exact) mass is 225 g/mol.